The maximum atomic E-state index is 13.4. The lowest BCUT2D eigenvalue weighted by molar-refractivity contribution is -0.116. The van der Waals surface area contributed by atoms with E-state index in [-0.39, 0.29) is 17.4 Å². The molecule has 0 unspecified atom stereocenters. The first-order valence-electron chi connectivity index (χ1n) is 10.6. The zero-order chi connectivity index (χ0) is 22.6. The van der Waals surface area contributed by atoms with E-state index in [4.69, 9.17) is 0 Å². The van der Waals surface area contributed by atoms with E-state index in [9.17, 15) is 9.59 Å². The molecule has 33 heavy (non-hydrogen) atoms. The van der Waals surface area contributed by atoms with Crippen LogP contribution in [0.4, 0.5) is 5.95 Å². The van der Waals surface area contributed by atoms with Crippen LogP contribution >= 0.6 is 0 Å². The van der Waals surface area contributed by atoms with Gasteiger partial charge in [0.2, 0.25) is 11.9 Å². The number of aromatic nitrogens is 4. The second kappa shape index (κ2) is 8.92. The number of H-pyrrole nitrogens is 1. The molecule has 2 N–H and O–H groups in total. The highest BCUT2D eigenvalue weighted by molar-refractivity contribution is 5.97. The fourth-order valence-corrected chi connectivity index (χ4v) is 3.88. The van der Waals surface area contributed by atoms with Crippen molar-refractivity contribution in [2.75, 3.05) is 5.32 Å². The highest BCUT2D eigenvalue weighted by Gasteiger charge is 2.24. The van der Waals surface area contributed by atoms with E-state index >= 15 is 0 Å². The molecular weight excluding hydrogens is 414 g/mol. The molecule has 7 nitrogen and oxygen atoms in total. The summed E-state index contributed by atoms with van der Waals surface area (Å²) in [5.74, 6) is -0.754. The minimum Gasteiger partial charge on any atom is -0.311 e. The number of nitrogens with zero attached hydrogens (tertiary/aromatic N) is 3. The van der Waals surface area contributed by atoms with Gasteiger partial charge < -0.3 is 4.57 Å². The Balaban J connectivity index is 1.49. The first kappa shape index (κ1) is 20.4. The summed E-state index contributed by atoms with van der Waals surface area (Å²) >= 11 is 0. The van der Waals surface area contributed by atoms with Crippen molar-refractivity contribution in [2.45, 2.75) is 12.5 Å². The molecule has 5 aromatic rings. The second-order valence-corrected chi connectivity index (χ2v) is 7.69. The van der Waals surface area contributed by atoms with Gasteiger partial charge in [-0.25, -0.2) is 4.98 Å². The third-order valence-electron chi connectivity index (χ3n) is 5.44. The third kappa shape index (κ3) is 4.29. The lowest BCUT2D eigenvalue weighted by atomic mass is 9.90. The average Bonchev–Trinajstić information content (AvgIpc) is 3.24. The molecule has 2 aromatic heterocycles. The molecule has 2 heterocycles. The Morgan fingerprint density at radius 3 is 2.06 bits per heavy atom. The number of amides is 1. The summed E-state index contributed by atoms with van der Waals surface area (Å²) in [6, 6.07) is 28.9. The molecule has 0 saturated carbocycles. The molecular formula is C26H21N5O2. The van der Waals surface area contributed by atoms with Gasteiger partial charge in [-0.3, -0.25) is 19.9 Å². The van der Waals surface area contributed by atoms with Gasteiger partial charge in [-0.15, -0.1) is 0 Å². The molecule has 162 valence electrons. The minimum absolute atomic E-state index is 0.0872. The van der Waals surface area contributed by atoms with Crippen LogP contribution in [0.2, 0.25) is 0 Å². The van der Waals surface area contributed by atoms with Crippen molar-refractivity contribution in [1.82, 2.24) is 19.5 Å². The summed E-state index contributed by atoms with van der Waals surface area (Å²) in [6.45, 7) is 0.512. The lowest BCUT2D eigenvalue weighted by Crippen LogP contribution is -2.25. The Bertz CT molecular complexity index is 1400. The first-order chi connectivity index (χ1) is 16.2. The fourth-order valence-electron chi connectivity index (χ4n) is 3.88. The summed E-state index contributed by atoms with van der Waals surface area (Å²) in [7, 11) is 0. The minimum atomic E-state index is -0.553. The molecule has 0 aliphatic carbocycles. The first-order valence-corrected chi connectivity index (χ1v) is 10.6. The van der Waals surface area contributed by atoms with Crippen molar-refractivity contribution in [1.29, 1.82) is 0 Å². The van der Waals surface area contributed by atoms with Crippen LogP contribution in [-0.2, 0) is 11.3 Å². The van der Waals surface area contributed by atoms with E-state index in [1.54, 1.807) is 10.9 Å². The van der Waals surface area contributed by atoms with E-state index in [1.807, 2.05) is 91.0 Å². The highest BCUT2D eigenvalue weighted by Crippen LogP contribution is 2.26. The Labute approximate surface area is 189 Å². The Morgan fingerprint density at radius 1 is 0.879 bits per heavy atom. The second-order valence-electron chi connectivity index (χ2n) is 7.69. The predicted molar refractivity (Wildman–Crippen MR) is 127 cm³/mol. The van der Waals surface area contributed by atoms with Crippen LogP contribution in [0.15, 0.2) is 102 Å². The number of carbonyl (C=O) groups is 1. The zero-order valence-corrected chi connectivity index (χ0v) is 17.7. The molecule has 0 fully saturated rings. The normalized spacial score (nSPS) is 11.1. The van der Waals surface area contributed by atoms with Crippen molar-refractivity contribution in [3.8, 4) is 0 Å². The summed E-state index contributed by atoms with van der Waals surface area (Å²) in [5, 5.41) is 2.81. The van der Waals surface area contributed by atoms with Crippen LogP contribution in [0, 0.1) is 0 Å². The van der Waals surface area contributed by atoms with Gasteiger partial charge in [0, 0.05) is 0 Å². The molecule has 7 heteroatoms. The number of anilines is 1. The Morgan fingerprint density at radius 2 is 1.45 bits per heavy atom. The van der Waals surface area contributed by atoms with Crippen molar-refractivity contribution < 1.29 is 4.79 Å². The van der Waals surface area contributed by atoms with E-state index < -0.39 is 11.5 Å². The van der Waals surface area contributed by atoms with Gasteiger partial charge in [0.1, 0.15) is 0 Å². The van der Waals surface area contributed by atoms with Gasteiger partial charge in [-0.1, -0.05) is 91.0 Å². The van der Waals surface area contributed by atoms with Gasteiger partial charge >= 0.3 is 0 Å². The van der Waals surface area contributed by atoms with Crippen molar-refractivity contribution >= 4 is 23.0 Å². The predicted octanol–water partition coefficient (Wildman–Crippen LogP) is 3.94. The monoisotopic (exact) mass is 435 g/mol. The Kier molecular flexibility index (Phi) is 5.51. The van der Waals surface area contributed by atoms with E-state index in [1.165, 1.54) is 0 Å². The molecule has 0 atom stereocenters. The van der Waals surface area contributed by atoms with Crippen LogP contribution in [0.1, 0.15) is 22.6 Å². The van der Waals surface area contributed by atoms with Crippen LogP contribution in [0.3, 0.4) is 0 Å². The van der Waals surface area contributed by atoms with Gasteiger partial charge in [-0.2, -0.15) is 4.98 Å². The van der Waals surface area contributed by atoms with Crippen molar-refractivity contribution in [2.24, 2.45) is 0 Å². The lowest BCUT2D eigenvalue weighted by Gasteiger charge is -2.17. The highest BCUT2D eigenvalue weighted by atomic mass is 16.2. The number of aromatic amines is 1. The number of carbonyl (C=O) groups excluding carboxylic acids is 1. The maximum absolute atomic E-state index is 13.4. The molecule has 0 spiro atoms. The van der Waals surface area contributed by atoms with E-state index in [0.717, 1.165) is 16.7 Å². The smallest absolute Gasteiger partial charge is 0.280 e. The Hall–Kier alpha value is -4.52. The molecule has 3 aromatic carbocycles. The molecule has 0 bridgehead atoms. The number of benzene rings is 3. The van der Waals surface area contributed by atoms with Crippen LogP contribution < -0.4 is 10.9 Å². The quantitative estimate of drug-likeness (QED) is 0.423. The summed E-state index contributed by atoms with van der Waals surface area (Å²) in [6.07, 6.45) is 1.59. The third-order valence-corrected chi connectivity index (χ3v) is 5.44. The largest absolute Gasteiger partial charge is 0.311 e. The van der Waals surface area contributed by atoms with Crippen molar-refractivity contribution in [3.63, 3.8) is 0 Å². The van der Waals surface area contributed by atoms with E-state index in [2.05, 4.69) is 20.3 Å². The molecule has 0 radical (unpaired) electrons. The zero-order valence-electron chi connectivity index (χ0n) is 17.7. The summed E-state index contributed by atoms with van der Waals surface area (Å²) < 4.78 is 1.79. The van der Waals surface area contributed by atoms with Gasteiger partial charge in [-0.05, 0) is 16.7 Å². The number of fused-ring (bicyclic) bond motifs is 1. The summed E-state index contributed by atoms with van der Waals surface area (Å²) in [4.78, 5) is 37.4. The van der Waals surface area contributed by atoms with Crippen LogP contribution in [0.25, 0.3) is 11.2 Å². The fraction of sp³-hybridized carbons (Fsp3) is 0.0769. The number of hydrogen-bond donors (Lipinski definition) is 2. The van der Waals surface area contributed by atoms with E-state index in [0.29, 0.717) is 12.2 Å². The van der Waals surface area contributed by atoms with Gasteiger partial charge in [0.15, 0.2) is 11.2 Å². The number of nitrogens with one attached hydrogen (secondary N) is 2. The van der Waals surface area contributed by atoms with Crippen LogP contribution in [-0.4, -0.2) is 25.4 Å². The molecule has 5 rings (SSSR count). The molecule has 0 aliphatic rings. The van der Waals surface area contributed by atoms with Crippen molar-refractivity contribution in [3.05, 3.63) is 124 Å². The van der Waals surface area contributed by atoms with Gasteiger partial charge in [0.25, 0.3) is 5.56 Å². The number of rotatable bonds is 6. The molecule has 0 aliphatic heterocycles. The summed E-state index contributed by atoms with van der Waals surface area (Å²) in [5.41, 5.74) is 2.98. The topological polar surface area (TPSA) is 92.7 Å². The maximum Gasteiger partial charge on any atom is 0.280 e. The number of imidazole rings is 1. The molecule has 1 amide bonds. The van der Waals surface area contributed by atoms with Crippen LogP contribution in [0.5, 0.6) is 0 Å². The standard InChI is InChI=1S/C26H21N5O2/c32-24(21(19-12-6-2-7-13-19)20-14-8-3-9-15-20)29-26-28-23-22(25(33)30-26)27-17-31(23)16-18-10-4-1-5-11-18/h1-15,17,21H,16H2,(H2,28,29,30,32,33). The molecule has 0 saturated heterocycles. The number of hydrogen-bond acceptors (Lipinski definition) is 4. The SMILES string of the molecule is O=C(Nc1nc2c(ncn2Cc2ccccc2)c(=O)[nH]1)C(c1ccccc1)c1ccccc1. The average molecular weight is 435 g/mol. The van der Waals surface area contributed by atoms with Gasteiger partial charge in [0.05, 0.1) is 18.8 Å².